The van der Waals surface area contributed by atoms with Crippen molar-refractivity contribution in [3.8, 4) is 0 Å². The second-order valence-electron chi connectivity index (χ2n) is 7.65. The van der Waals surface area contributed by atoms with Gasteiger partial charge in [-0.3, -0.25) is 4.90 Å². The number of amides is 1. The lowest BCUT2D eigenvalue weighted by Gasteiger charge is -2.45. The first-order valence-corrected chi connectivity index (χ1v) is 9.37. The zero-order valence-electron chi connectivity index (χ0n) is 15.5. The van der Waals surface area contributed by atoms with Crippen molar-refractivity contribution >= 4 is 6.09 Å². The summed E-state index contributed by atoms with van der Waals surface area (Å²) < 4.78 is 13.5. The number of rotatable bonds is 4. The van der Waals surface area contributed by atoms with Gasteiger partial charge in [0.05, 0.1) is 6.04 Å². The Kier molecular flexibility index (Phi) is 4.59. The van der Waals surface area contributed by atoms with Crippen LogP contribution in [0.5, 0.6) is 0 Å². The van der Waals surface area contributed by atoms with Gasteiger partial charge in [0.15, 0.2) is 5.82 Å². The van der Waals surface area contributed by atoms with E-state index >= 15 is 0 Å². The Morgan fingerprint density at radius 2 is 1.89 bits per heavy atom. The molecule has 2 heterocycles. The molecule has 2 aromatic rings. The van der Waals surface area contributed by atoms with E-state index in [-0.39, 0.29) is 23.9 Å². The quantitative estimate of drug-likeness (QED) is 0.861. The summed E-state index contributed by atoms with van der Waals surface area (Å²) in [4.78, 5) is 18.6. The molecule has 1 aliphatic heterocycles. The van der Waals surface area contributed by atoms with E-state index in [2.05, 4.69) is 20.1 Å². The van der Waals surface area contributed by atoms with Crippen LogP contribution < -0.4 is 0 Å². The zero-order chi connectivity index (χ0) is 19.1. The summed E-state index contributed by atoms with van der Waals surface area (Å²) in [6.45, 7) is 4.90. The summed E-state index contributed by atoms with van der Waals surface area (Å²) in [5.74, 6) is 1.81. The number of aromatic amines is 1. The highest BCUT2D eigenvalue weighted by Crippen LogP contribution is 2.39. The van der Waals surface area contributed by atoms with E-state index in [1.54, 1.807) is 12.1 Å². The predicted molar refractivity (Wildman–Crippen MR) is 97.0 cm³/mol. The van der Waals surface area contributed by atoms with Crippen LogP contribution >= 0.6 is 0 Å². The number of H-pyrrole nitrogens is 1. The molecule has 1 saturated heterocycles. The minimum atomic E-state index is -0.900. The van der Waals surface area contributed by atoms with Crippen LogP contribution in [0.3, 0.4) is 0 Å². The summed E-state index contributed by atoms with van der Waals surface area (Å²) >= 11 is 0. The molecule has 1 aromatic carbocycles. The van der Waals surface area contributed by atoms with Gasteiger partial charge in [0.2, 0.25) is 0 Å². The second-order valence-corrected chi connectivity index (χ2v) is 7.65. The van der Waals surface area contributed by atoms with E-state index in [1.807, 2.05) is 13.8 Å². The monoisotopic (exact) mass is 373 g/mol. The zero-order valence-corrected chi connectivity index (χ0v) is 15.5. The van der Waals surface area contributed by atoms with Crippen molar-refractivity contribution in [3.05, 3.63) is 47.3 Å². The number of benzene rings is 1. The highest BCUT2D eigenvalue weighted by Gasteiger charge is 2.38. The van der Waals surface area contributed by atoms with Crippen LogP contribution in [-0.2, 0) is 0 Å². The van der Waals surface area contributed by atoms with Gasteiger partial charge in [0.1, 0.15) is 11.6 Å². The maximum atomic E-state index is 13.5. The van der Waals surface area contributed by atoms with Gasteiger partial charge in [0, 0.05) is 31.1 Å². The van der Waals surface area contributed by atoms with Gasteiger partial charge in [-0.05, 0) is 44.4 Å². The summed E-state index contributed by atoms with van der Waals surface area (Å²) in [6.07, 6.45) is 1.35. The number of aromatic nitrogens is 3. The number of halogens is 1. The molecule has 1 amide bonds. The molecule has 2 N–H and O–H groups in total. The summed E-state index contributed by atoms with van der Waals surface area (Å²) in [5, 5.41) is 18.1. The summed E-state index contributed by atoms with van der Waals surface area (Å²) in [6, 6.07) is 6.04. The number of nitrogens with one attached hydrogen (secondary N) is 1. The lowest BCUT2D eigenvalue weighted by atomic mass is 9.99. The Morgan fingerprint density at radius 1 is 1.19 bits per heavy atom. The third-order valence-electron chi connectivity index (χ3n) is 5.54. The smallest absolute Gasteiger partial charge is 0.407 e. The molecule has 2 aliphatic rings. The molecule has 0 bridgehead atoms. The van der Waals surface area contributed by atoms with E-state index in [0.717, 1.165) is 30.1 Å². The van der Waals surface area contributed by atoms with Crippen molar-refractivity contribution in [2.75, 3.05) is 13.1 Å². The van der Waals surface area contributed by atoms with Gasteiger partial charge in [-0.1, -0.05) is 12.1 Å². The molecule has 8 heteroatoms. The second kappa shape index (κ2) is 6.92. The highest BCUT2D eigenvalue weighted by atomic mass is 19.1. The molecular weight excluding hydrogens is 349 g/mol. The molecule has 1 aromatic heterocycles. The maximum absolute atomic E-state index is 13.5. The van der Waals surface area contributed by atoms with Gasteiger partial charge >= 0.3 is 6.09 Å². The van der Waals surface area contributed by atoms with E-state index in [4.69, 9.17) is 0 Å². The molecular formula is C19H24FN5O2. The molecule has 7 nitrogen and oxygen atoms in total. The summed E-state index contributed by atoms with van der Waals surface area (Å²) in [7, 11) is 0. The lowest BCUT2D eigenvalue weighted by molar-refractivity contribution is 0.0263. The largest absolute Gasteiger partial charge is 0.465 e. The first kappa shape index (κ1) is 17.9. The van der Waals surface area contributed by atoms with E-state index in [0.29, 0.717) is 19.0 Å². The minimum absolute atomic E-state index is 0.0122. The third kappa shape index (κ3) is 3.53. The first-order valence-electron chi connectivity index (χ1n) is 9.37. The van der Waals surface area contributed by atoms with Crippen molar-refractivity contribution in [2.45, 2.75) is 50.7 Å². The highest BCUT2D eigenvalue weighted by molar-refractivity contribution is 5.65. The molecule has 2 fully saturated rings. The fraction of sp³-hybridized carbons (Fsp3) is 0.526. The number of nitrogens with zero attached hydrogens (tertiary/aromatic N) is 4. The average molecular weight is 373 g/mol. The van der Waals surface area contributed by atoms with Crippen LogP contribution in [0.25, 0.3) is 0 Å². The fourth-order valence-corrected chi connectivity index (χ4v) is 3.88. The molecule has 27 heavy (non-hydrogen) atoms. The first-order chi connectivity index (χ1) is 12.9. The fourth-order valence-electron chi connectivity index (χ4n) is 3.88. The van der Waals surface area contributed by atoms with Crippen molar-refractivity contribution < 1.29 is 14.3 Å². The van der Waals surface area contributed by atoms with Gasteiger partial charge in [-0.15, -0.1) is 10.2 Å². The van der Waals surface area contributed by atoms with E-state index < -0.39 is 6.09 Å². The van der Waals surface area contributed by atoms with E-state index in [1.165, 1.54) is 17.0 Å². The number of hydrogen-bond acceptors (Lipinski definition) is 4. The Balaban J connectivity index is 1.68. The van der Waals surface area contributed by atoms with Crippen LogP contribution in [0.15, 0.2) is 24.3 Å². The maximum Gasteiger partial charge on any atom is 0.407 e. The van der Waals surface area contributed by atoms with Crippen molar-refractivity contribution in [1.82, 2.24) is 25.0 Å². The van der Waals surface area contributed by atoms with Crippen LogP contribution in [0.4, 0.5) is 9.18 Å². The minimum Gasteiger partial charge on any atom is -0.465 e. The summed E-state index contributed by atoms with van der Waals surface area (Å²) in [5.41, 5.74) is 0.915. The number of hydrogen-bond donors (Lipinski definition) is 2. The molecule has 0 spiro atoms. The molecule has 1 aliphatic carbocycles. The molecule has 4 rings (SSSR count). The molecule has 1 saturated carbocycles. The van der Waals surface area contributed by atoms with Crippen molar-refractivity contribution in [2.24, 2.45) is 0 Å². The Morgan fingerprint density at radius 3 is 2.52 bits per heavy atom. The SMILES string of the molecule is C[C@@H]1CN(C(=O)O)[C@@H](C)CN1C(c1ccc(F)cc1)c1nnc(C2CC2)[nH]1. The average Bonchev–Trinajstić information content (AvgIpc) is 3.38. The normalized spacial score (nSPS) is 24.8. The number of piperazine rings is 1. The lowest BCUT2D eigenvalue weighted by Crippen LogP contribution is -2.58. The van der Waals surface area contributed by atoms with Crippen LogP contribution in [0.2, 0.25) is 0 Å². The van der Waals surface area contributed by atoms with Gasteiger partial charge < -0.3 is 15.0 Å². The molecule has 3 atom stereocenters. The van der Waals surface area contributed by atoms with Crippen LogP contribution in [-0.4, -0.2) is 61.4 Å². The topological polar surface area (TPSA) is 85.3 Å². The number of carboxylic acid groups (broad SMARTS) is 1. The third-order valence-corrected chi connectivity index (χ3v) is 5.54. The molecule has 0 radical (unpaired) electrons. The van der Waals surface area contributed by atoms with Crippen LogP contribution in [0, 0.1) is 5.82 Å². The Labute approximate surface area is 157 Å². The Bertz CT molecular complexity index is 820. The van der Waals surface area contributed by atoms with Gasteiger partial charge in [0.25, 0.3) is 0 Å². The molecule has 1 unspecified atom stereocenters. The molecule has 144 valence electrons. The Hall–Kier alpha value is -2.48. The number of carbonyl (C=O) groups is 1. The standard InChI is InChI=1S/C19H24FN5O2/c1-11-10-25(19(26)27)12(2)9-24(11)16(13-5-7-15(20)8-6-13)18-21-17(22-23-18)14-3-4-14/h5-8,11-12,14,16H,3-4,9-10H2,1-2H3,(H,26,27)(H,21,22,23)/t11-,12+,16?/m1/s1. The van der Waals surface area contributed by atoms with Gasteiger partial charge in [-0.25, -0.2) is 9.18 Å². The van der Waals surface area contributed by atoms with E-state index in [9.17, 15) is 14.3 Å². The van der Waals surface area contributed by atoms with Gasteiger partial charge in [-0.2, -0.15) is 0 Å². The van der Waals surface area contributed by atoms with Crippen LogP contribution in [0.1, 0.15) is 55.9 Å². The predicted octanol–water partition coefficient (Wildman–Crippen LogP) is 2.98. The van der Waals surface area contributed by atoms with Crippen molar-refractivity contribution in [1.29, 1.82) is 0 Å². The van der Waals surface area contributed by atoms with Crippen molar-refractivity contribution in [3.63, 3.8) is 0 Å².